The first-order chi connectivity index (χ1) is 12.7. The van der Waals surface area contributed by atoms with Gasteiger partial charge >= 0.3 is 12.1 Å². The van der Waals surface area contributed by atoms with Gasteiger partial charge in [0.2, 0.25) is 0 Å². The molecule has 0 aliphatic rings. The van der Waals surface area contributed by atoms with E-state index in [9.17, 15) is 33.2 Å². The highest BCUT2D eigenvalue weighted by molar-refractivity contribution is 5.94. The van der Waals surface area contributed by atoms with Gasteiger partial charge in [0.15, 0.2) is 5.69 Å². The lowest BCUT2D eigenvalue weighted by Crippen LogP contribution is -2.04. The molecular weight excluding hydrogens is 367 g/mol. The second-order valence-electron chi connectivity index (χ2n) is 5.49. The van der Waals surface area contributed by atoms with Crippen molar-refractivity contribution in [1.29, 1.82) is 0 Å². The number of alkyl halides is 3. The van der Waals surface area contributed by atoms with Crippen LogP contribution < -0.4 is 0 Å². The number of hydrogen-bond donors (Lipinski definition) is 2. The molecule has 0 amide bonds. The number of imidazole rings is 1. The number of aromatic amines is 1. The Hall–Kier alpha value is -3.69. The topological polar surface area (TPSA) is 109 Å². The van der Waals surface area contributed by atoms with Crippen LogP contribution in [0.5, 0.6) is 0 Å². The van der Waals surface area contributed by atoms with E-state index < -0.39 is 22.6 Å². The first-order valence-corrected chi connectivity index (χ1v) is 7.42. The number of benzene rings is 2. The molecule has 0 aliphatic carbocycles. The number of nitro groups is 1. The molecule has 10 heteroatoms. The number of H-pyrrole nitrogens is 1. The summed E-state index contributed by atoms with van der Waals surface area (Å²) in [5, 5.41) is 20.0. The molecule has 7 nitrogen and oxygen atoms in total. The lowest BCUT2D eigenvalue weighted by atomic mass is 10.1. The zero-order valence-corrected chi connectivity index (χ0v) is 13.3. The highest BCUT2D eigenvalue weighted by Crippen LogP contribution is 2.32. The van der Waals surface area contributed by atoms with Gasteiger partial charge < -0.3 is 10.1 Å². The number of carbonyl (C=O) groups is 1. The lowest BCUT2D eigenvalue weighted by Gasteiger charge is -2.07. The standard InChI is InChI=1S/C17H10F3N3O4/c18-17(19,20)11-5-1-9(2-6-11)13-14(16(24)25)22-15(21-13)10-3-7-12(8-4-10)23(26)27/h1-8H,(H,21,22)(H,24,25). The average molecular weight is 377 g/mol. The van der Waals surface area contributed by atoms with Gasteiger partial charge in [-0.05, 0) is 24.3 Å². The summed E-state index contributed by atoms with van der Waals surface area (Å²) >= 11 is 0. The SMILES string of the molecule is O=C(O)c1nc(-c2ccc([N+](=O)[O-])cc2)[nH]c1-c1ccc(C(F)(F)F)cc1. The van der Waals surface area contributed by atoms with Gasteiger partial charge in [-0.2, -0.15) is 13.2 Å². The molecule has 1 aromatic heterocycles. The fraction of sp³-hybridized carbons (Fsp3) is 0.0588. The molecule has 27 heavy (non-hydrogen) atoms. The number of nitrogens with one attached hydrogen (secondary N) is 1. The van der Waals surface area contributed by atoms with Crippen molar-refractivity contribution in [3.05, 3.63) is 69.9 Å². The Morgan fingerprint density at radius 1 is 1.04 bits per heavy atom. The molecule has 0 atom stereocenters. The van der Waals surface area contributed by atoms with Gasteiger partial charge in [0.1, 0.15) is 5.82 Å². The maximum Gasteiger partial charge on any atom is 0.416 e. The Balaban J connectivity index is 2.03. The Kier molecular flexibility index (Phi) is 4.40. The summed E-state index contributed by atoms with van der Waals surface area (Å²) in [7, 11) is 0. The van der Waals surface area contributed by atoms with Crippen molar-refractivity contribution in [3.8, 4) is 22.6 Å². The zero-order valence-electron chi connectivity index (χ0n) is 13.3. The third-order valence-electron chi connectivity index (χ3n) is 3.76. The van der Waals surface area contributed by atoms with E-state index in [1.54, 1.807) is 0 Å². The number of aromatic nitrogens is 2. The summed E-state index contributed by atoms with van der Waals surface area (Å²) < 4.78 is 38.0. The fourth-order valence-corrected chi connectivity index (χ4v) is 2.44. The lowest BCUT2D eigenvalue weighted by molar-refractivity contribution is -0.384. The smallest absolute Gasteiger partial charge is 0.416 e. The number of halogens is 3. The van der Waals surface area contributed by atoms with Gasteiger partial charge in [0.25, 0.3) is 5.69 Å². The number of nitro benzene ring substituents is 1. The summed E-state index contributed by atoms with van der Waals surface area (Å²) in [6.45, 7) is 0. The molecule has 0 saturated heterocycles. The number of rotatable bonds is 4. The number of non-ortho nitro benzene ring substituents is 1. The molecule has 1 heterocycles. The molecule has 0 saturated carbocycles. The molecule has 0 aliphatic heterocycles. The summed E-state index contributed by atoms with van der Waals surface area (Å²) in [6.07, 6.45) is -4.51. The normalized spacial score (nSPS) is 11.4. The van der Waals surface area contributed by atoms with Gasteiger partial charge in [0.05, 0.1) is 16.2 Å². The maximum atomic E-state index is 12.7. The molecule has 2 aromatic carbocycles. The minimum atomic E-state index is -4.51. The third-order valence-corrected chi connectivity index (χ3v) is 3.76. The Labute approximate surface area is 149 Å². The van der Waals surface area contributed by atoms with Crippen LogP contribution in [0, 0.1) is 10.1 Å². The van der Waals surface area contributed by atoms with E-state index in [0.29, 0.717) is 5.56 Å². The van der Waals surface area contributed by atoms with E-state index in [1.807, 2.05) is 0 Å². The van der Waals surface area contributed by atoms with Crippen LogP contribution in [0.4, 0.5) is 18.9 Å². The second-order valence-corrected chi connectivity index (χ2v) is 5.49. The molecule has 2 N–H and O–H groups in total. The summed E-state index contributed by atoms with van der Waals surface area (Å²) in [6, 6.07) is 9.20. The first-order valence-electron chi connectivity index (χ1n) is 7.42. The molecule has 0 fully saturated rings. The van der Waals surface area contributed by atoms with Gasteiger partial charge in [-0.15, -0.1) is 0 Å². The van der Waals surface area contributed by atoms with Crippen molar-refractivity contribution in [2.24, 2.45) is 0 Å². The summed E-state index contributed by atoms with van der Waals surface area (Å²) in [4.78, 5) is 28.3. The molecule has 3 aromatic rings. The molecular formula is C17H10F3N3O4. The predicted molar refractivity (Wildman–Crippen MR) is 88.1 cm³/mol. The molecule has 138 valence electrons. The first kappa shape index (κ1) is 18.1. The van der Waals surface area contributed by atoms with Crippen LogP contribution in [-0.2, 0) is 6.18 Å². The fourth-order valence-electron chi connectivity index (χ4n) is 2.44. The maximum absolute atomic E-state index is 12.7. The van der Waals surface area contributed by atoms with E-state index >= 15 is 0 Å². The van der Waals surface area contributed by atoms with E-state index in [4.69, 9.17) is 0 Å². The largest absolute Gasteiger partial charge is 0.476 e. The van der Waals surface area contributed by atoms with Crippen LogP contribution in [0.3, 0.4) is 0 Å². The number of hydrogen-bond acceptors (Lipinski definition) is 4. The Bertz CT molecular complexity index is 1010. The highest BCUT2D eigenvalue weighted by Gasteiger charge is 2.30. The van der Waals surface area contributed by atoms with Crippen molar-refractivity contribution >= 4 is 11.7 Å². The predicted octanol–water partition coefficient (Wildman–Crippen LogP) is 4.37. The summed E-state index contributed by atoms with van der Waals surface area (Å²) in [5.41, 5.74) is -0.750. The third kappa shape index (κ3) is 3.64. The van der Waals surface area contributed by atoms with E-state index in [0.717, 1.165) is 24.3 Å². The monoisotopic (exact) mass is 377 g/mol. The summed E-state index contributed by atoms with van der Waals surface area (Å²) in [5.74, 6) is -1.24. The van der Waals surface area contributed by atoms with Crippen molar-refractivity contribution in [2.75, 3.05) is 0 Å². The van der Waals surface area contributed by atoms with Crippen molar-refractivity contribution in [1.82, 2.24) is 9.97 Å². The average Bonchev–Trinajstić information content (AvgIpc) is 3.07. The van der Waals surface area contributed by atoms with Gasteiger partial charge in [-0.25, -0.2) is 9.78 Å². The number of carboxylic acids is 1. The Morgan fingerprint density at radius 2 is 1.59 bits per heavy atom. The van der Waals surface area contributed by atoms with Crippen LogP contribution in [-0.4, -0.2) is 26.0 Å². The van der Waals surface area contributed by atoms with Crippen molar-refractivity contribution in [3.63, 3.8) is 0 Å². The number of carboxylic acid groups (broad SMARTS) is 1. The second kappa shape index (κ2) is 6.56. The number of aromatic carboxylic acids is 1. The minimum absolute atomic E-state index is 0.0320. The quantitative estimate of drug-likeness (QED) is 0.518. The Morgan fingerprint density at radius 3 is 2.07 bits per heavy atom. The highest BCUT2D eigenvalue weighted by atomic mass is 19.4. The minimum Gasteiger partial charge on any atom is -0.476 e. The van der Waals surface area contributed by atoms with Crippen molar-refractivity contribution in [2.45, 2.75) is 6.18 Å². The van der Waals surface area contributed by atoms with E-state index in [-0.39, 0.29) is 28.5 Å². The van der Waals surface area contributed by atoms with Crippen LogP contribution in [0.25, 0.3) is 22.6 Å². The van der Waals surface area contributed by atoms with Gasteiger partial charge in [0, 0.05) is 23.3 Å². The van der Waals surface area contributed by atoms with E-state index in [1.165, 1.54) is 24.3 Å². The van der Waals surface area contributed by atoms with Crippen LogP contribution in [0.15, 0.2) is 48.5 Å². The molecule has 0 radical (unpaired) electrons. The van der Waals surface area contributed by atoms with Crippen LogP contribution in [0.1, 0.15) is 16.1 Å². The number of nitrogens with zero attached hydrogens (tertiary/aromatic N) is 2. The molecule has 0 spiro atoms. The molecule has 3 rings (SSSR count). The molecule has 0 unspecified atom stereocenters. The van der Waals surface area contributed by atoms with Gasteiger partial charge in [-0.3, -0.25) is 10.1 Å². The van der Waals surface area contributed by atoms with E-state index in [2.05, 4.69) is 9.97 Å². The van der Waals surface area contributed by atoms with Crippen LogP contribution >= 0.6 is 0 Å². The van der Waals surface area contributed by atoms with Crippen molar-refractivity contribution < 1.29 is 28.0 Å². The zero-order chi connectivity index (χ0) is 19.8. The van der Waals surface area contributed by atoms with Gasteiger partial charge in [-0.1, -0.05) is 12.1 Å². The van der Waals surface area contributed by atoms with Crippen LogP contribution in [0.2, 0.25) is 0 Å². The molecule has 0 bridgehead atoms.